The van der Waals surface area contributed by atoms with Crippen molar-refractivity contribution in [3.05, 3.63) is 11.1 Å². The van der Waals surface area contributed by atoms with E-state index in [0.29, 0.717) is 10.7 Å². The van der Waals surface area contributed by atoms with E-state index in [0.717, 1.165) is 4.90 Å². The van der Waals surface area contributed by atoms with Gasteiger partial charge < -0.3 is 10.0 Å². The van der Waals surface area contributed by atoms with Crippen LogP contribution in [0.1, 0.15) is 0 Å². The molecule has 0 saturated carbocycles. The molecule has 1 saturated heterocycles. The van der Waals surface area contributed by atoms with Gasteiger partial charge in [0.25, 0.3) is 0 Å². The zero-order valence-electron chi connectivity index (χ0n) is 10.5. The molecule has 2 aliphatic heterocycles. The Balaban J connectivity index is 1.89. The number of thioether (sulfide) groups is 1. The van der Waals surface area contributed by atoms with Crippen molar-refractivity contribution >= 4 is 23.9 Å². The number of rotatable bonds is 2. The minimum atomic E-state index is -4.84. The molecule has 9 heteroatoms. The third-order valence-corrected chi connectivity index (χ3v) is 4.04. The van der Waals surface area contributed by atoms with Gasteiger partial charge in [0.05, 0.1) is 0 Å². The quantitative estimate of drug-likeness (QED) is 0.815. The molecule has 2 heterocycles. The van der Waals surface area contributed by atoms with Gasteiger partial charge in [0, 0.05) is 49.3 Å². The fourth-order valence-electron chi connectivity index (χ4n) is 2.01. The topological polar surface area (TPSA) is 56.1 Å². The number of carbonyl (C=O) groups excluding carboxylic acids is 1. The van der Waals surface area contributed by atoms with Crippen LogP contribution in [0.15, 0.2) is 16.1 Å². The monoisotopic (exact) mass is 309 g/mol. The summed E-state index contributed by atoms with van der Waals surface area (Å²) in [6, 6.07) is 0. The van der Waals surface area contributed by atoms with E-state index in [1.54, 1.807) is 17.3 Å². The molecule has 1 amide bonds. The lowest BCUT2D eigenvalue weighted by Gasteiger charge is -2.37. The van der Waals surface area contributed by atoms with Crippen LogP contribution in [0, 0.1) is 0 Å². The van der Waals surface area contributed by atoms with Crippen molar-refractivity contribution in [2.75, 3.05) is 31.9 Å². The summed E-state index contributed by atoms with van der Waals surface area (Å²) < 4.78 is 36.9. The molecule has 5 nitrogen and oxygen atoms in total. The second-order valence-electron chi connectivity index (χ2n) is 4.37. The second-order valence-corrected chi connectivity index (χ2v) is 5.47. The predicted molar refractivity (Wildman–Crippen MR) is 69.2 cm³/mol. The highest BCUT2D eigenvalue weighted by molar-refractivity contribution is 8.03. The minimum Gasteiger partial charge on any atom is -0.373 e. The molecule has 0 radical (unpaired) electrons. The molecule has 20 heavy (non-hydrogen) atoms. The predicted octanol–water partition coefficient (Wildman–Crippen LogP) is 0.670. The van der Waals surface area contributed by atoms with Crippen molar-refractivity contribution in [3.8, 4) is 0 Å². The van der Waals surface area contributed by atoms with E-state index < -0.39 is 18.3 Å². The summed E-state index contributed by atoms with van der Waals surface area (Å²) >= 11 is 1.44. The van der Waals surface area contributed by atoms with Gasteiger partial charge in [-0.05, 0) is 0 Å². The molecule has 1 unspecified atom stereocenters. The number of amides is 1. The van der Waals surface area contributed by atoms with Crippen molar-refractivity contribution < 1.29 is 23.1 Å². The lowest BCUT2D eigenvalue weighted by Crippen LogP contribution is -2.54. The van der Waals surface area contributed by atoms with Crippen LogP contribution in [0.2, 0.25) is 0 Å². The second kappa shape index (κ2) is 6.15. The fourth-order valence-corrected chi connectivity index (χ4v) is 2.80. The van der Waals surface area contributed by atoms with E-state index in [9.17, 15) is 23.1 Å². The van der Waals surface area contributed by atoms with E-state index in [2.05, 4.69) is 4.99 Å². The first-order chi connectivity index (χ1) is 9.39. The van der Waals surface area contributed by atoms with Crippen molar-refractivity contribution in [1.82, 2.24) is 9.80 Å². The zero-order chi connectivity index (χ0) is 14.8. The molecule has 2 rings (SSSR count). The lowest BCUT2D eigenvalue weighted by atomic mass is 10.3. The van der Waals surface area contributed by atoms with Crippen LogP contribution in [0.25, 0.3) is 0 Å². The first kappa shape index (κ1) is 15.3. The SMILES string of the molecule is O=C(N1CCN(C(O)C2=CN=CCS2)CC1)C(F)(F)F. The number of nitrogens with zero attached hydrogens (tertiary/aromatic N) is 3. The molecule has 0 aromatic heterocycles. The Kier molecular flexibility index (Phi) is 4.71. The smallest absolute Gasteiger partial charge is 0.373 e. The van der Waals surface area contributed by atoms with Crippen molar-refractivity contribution in [1.29, 1.82) is 0 Å². The molecule has 2 aliphatic rings. The summed E-state index contributed by atoms with van der Waals surface area (Å²) in [5, 5.41) is 10.1. The van der Waals surface area contributed by atoms with E-state index in [-0.39, 0.29) is 26.2 Å². The standard InChI is InChI=1S/C11H14F3N3O2S/c12-11(13,14)10(19)17-4-2-16(3-5-17)9(18)8-7-15-1-6-20-8/h1,7,9,18H,2-6H2. The molecule has 1 atom stereocenters. The van der Waals surface area contributed by atoms with E-state index >= 15 is 0 Å². The maximum atomic E-state index is 12.3. The van der Waals surface area contributed by atoms with Crippen LogP contribution in [0.3, 0.4) is 0 Å². The highest BCUT2D eigenvalue weighted by Crippen LogP contribution is 2.25. The third-order valence-electron chi connectivity index (χ3n) is 3.08. The van der Waals surface area contributed by atoms with Crippen LogP contribution >= 0.6 is 11.8 Å². The van der Waals surface area contributed by atoms with Crippen molar-refractivity contribution in [2.24, 2.45) is 4.99 Å². The first-order valence-corrected chi connectivity index (χ1v) is 7.01. The number of alkyl halides is 3. The van der Waals surface area contributed by atoms with Crippen LogP contribution in [-0.2, 0) is 4.79 Å². The average molecular weight is 309 g/mol. The number of piperazine rings is 1. The van der Waals surface area contributed by atoms with Gasteiger partial charge >= 0.3 is 12.1 Å². The number of aliphatic hydroxyl groups is 1. The highest BCUT2D eigenvalue weighted by atomic mass is 32.2. The number of halogens is 3. The van der Waals surface area contributed by atoms with Gasteiger partial charge in [-0.3, -0.25) is 14.7 Å². The van der Waals surface area contributed by atoms with Crippen molar-refractivity contribution in [3.63, 3.8) is 0 Å². The Bertz CT molecular complexity index is 431. The Hall–Kier alpha value is -1.06. The number of aliphatic imine (C=N–C) groups is 1. The largest absolute Gasteiger partial charge is 0.471 e. The Labute approximate surface area is 118 Å². The number of hydrogen-bond donors (Lipinski definition) is 1. The summed E-state index contributed by atoms with van der Waals surface area (Å²) in [7, 11) is 0. The molecule has 0 aromatic rings. The molecular weight excluding hydrogens is 295 g/mol. The van der Waals surface area contributed by atoms with Gasteiger partial charge in [-0.2, -0.15) is 13.2 Å². The van der Waals surface area contributed by atoms with Crippen LogP contribution < -0.4 is 0 Å². The summed E-state index contributed by atoms with van der Waals surface area (Å²) in [5.41, 5.74) is 0. The third kappa shape index (κ3) is 3.53. The Morgan fingerprint density at radius 3 is 2.50 bits per heavy atom. The average Bonchev–Trinajstić information content (AvgIpc) is 2.46. The van der Waals surface area contributed by atoms with Gasteiger partial charge in [0.15, 0.2) is 0 Å². The molecule has 0 bridgehead atoms. The summed E-state index contributed by atoms with van der Waals surface area (Å²) in [6.45, 7) is 0.308. The maximum Gasteiger partial charge on any atom is 0.471 e. The van der Waals surface area contributed by atoms with Crippen LogP contribution in [0.4, 0.5) is 13.2 Å². The number of hydrogen-bond acceptors (Lipinski definition) is 5. The zero-order valence-corrected chi connectivity index (χ0v) is 11.3. The number of aliphatic hydroxyl groups excluding tert-OH is 1. The fraction of sp³-hybridized carbons (Fsp3) is 0.636. The summed E-state index contributed by atoms with van der Waals surface area (Å²) in [6.07, 6.45) is -2.45. The van der Waals surface area contributed by atoms with Gasteiger partial charge in [0.1, 0.15) is 6.23 Å². The molecule has 1 fully saturated rings. The van der Waals surface area contributed by atoms with Gasteiger partial charge in [-0.25, -0.2) is 0 Å². The normalized spacial score (nSPS) is 22.6. The van der Waals surface area contributed by atoms with Crippen molar-refractivity contribution in [2.45, 2.75) is 12.4 Å². The molecule has 0 aliphatic carbocycles. The molecule has 0 aromatic carbocycles. The lowest BCUT2D eigenvalue weighted by molar-refractivity contribution is -0.187. The Morgan fingerprint density at radius 1 is 1.35 bits per heavy atom. The van der Waals surface area contributed by atoms with Gasteiger partial charge in [-0.15, -0.1) is 11.8 Å². The van der Waals surface area contributed by atoms with E-state index in [1.807, 2.05) is 0 Å². The maximum absolute atomic E-state index is 12.3. The van der Waals surface area contributed by atoms with Gasteiger partial charge in [-0.1, -0.05) is 0 Å². The van der Waals surface area contributed by atoms with Crippen LogP contribution in [-0.4, -0.2) is 71.4 Å². The molecular formula is C11H14F3N3O2S. The van der Waals surface area contributed by atoms with E-state index in [1.165, 1.54) is 11.8 Å². The van der Waals surface area contributed by atoms with Crippen LogP contribution in [0.5, 0.6) is 0 Å². The molecule has 112 valence electrons. The van der Waals surface area contributed by atoms with Gasteiger partial charge in [0.2, 0.25) is 0 Å². The highest BCUT2D eigenvalue weighted by Gasteiger charge is 2.43. The molecule has 1 N–H and O–H groups in total. The Morgan fingerprint density at radius 2 is 2.00 bits per heavy atom. The summed E-state index contributed by atoms with van der Waals surface area (Å²) in [4.78, 5) is 18.1. The number of carbonyl (C=O) groups is 1. The first-order valence-electron chi connectivity index (χ1n) is 6.02. The molecule has 0 spiro atoms. The summed E-state index contributed by atoms with van der Waals surface area (Å²) in [5.74, 6) is -1.16. The minimum absolute atomic E-state index is 0.0450. The van der Waals surface area contributed by atoms with E-state index in [4.69, 9.17) is 0 Å².